The van der Waals surface area contributed by atoms with E-state index in [0.717, 1.165) is 55.5 Å². The van der Waals surface area contributed by atoms with Gasteiger partial charge in [-0.1, -0.05) is 147 Å². The zero-order valence-corrected chi connectivity index (χ0v) is 31.7. The van der Waals surface area contributed by atoms with Gasteiger partial charge in [-0.05, 0) is 109 Å². The van der Waals surface area contributed by atoms with E-state index >= 15 is 0 Å². The van der Waals surface area contributed by atoms with Crippen LogP contribution < -0.4 is 0 Å². The second-order valence-corrected chi connectivity index (χ2v) is 15.7. The van der Waals surface area contributed by atoms with Crippen molar-refractivity contribution in [2.75, 3.05) is 0 Å². The lowest BCUT2D eigenvalue weighted by molar-refractivity contribution is 0.661. The third-order valence-electron chi connectivity index (χ3n) is 11.9. The maximum absolute atomic E-state index is 5.30. The van der Waals surface area contributed by atoms with E-state index in [0.29, 0.717) is 5.82 Å². The van der Waals surface area contributed by atoms with E-state index in [1.54, 1.807) is 0 Å². The number of fused-ring (bicyclic) bond motifs is 6. The number of nitrogens with zero attached hydrogens (tertiary/aromatic N) is 3. The molecule has 0 radical (unpaired) electrons. The quantitative estimate of drug-likeness (QED) is 0.177. The van der Waals surface area contributed by atoms with Crippen molar-refractivity contribution in [1.29, 1.82) is 0 Å². The monoisotopic (exact) mass is 727 g/mol. The number of para-hydroxylation sites is 1. The Hall–Kier alpha value is -7.23. The minimum Gasteiger partial charge on any atom is -0.256 e. The Morgan fingerprint density at radius 3 is 1.79 bits per heavy atom. The molecule has 2 heterocycles. The van der Waals surface area contributed by atoms with E-state index in [2.05, 4.69) is 184 Å². The highest BCUT2D eigenvalue weighted by Crippen LogP contribution is 2.53. The first-order chi connectivity index (χ1) is 28.0. The lowest BCUT2D eigenvalue weighted by Crippen LogP contribution is -2.14. The highest BCUT2D eigenvalue weighted by atomic mass is 14.9. The van der Waals surface area contributed by atoms with Crippen LogP contribution in [0.15, 0.2) is 188 Å². The molecule has 1 aliphatic rings. The van der Waals surface area contributed by atoms with Crippen LogP contribution in [0.5, 0.6) is 0 Å². The minimum atomic E-state index is -0.144. The van der Waals surface area contributed by atoms with Crippen molar-refractivity contribution >= 4 is 32.4 Å². The first kappa shape index (κ1) is 33.1. The molecule has 57 heavy (non-hydrogen) atoms. The smallest absolute Gasteiger partial charge is 0.160 e. The van der Waals surface area contributed by atoms with Crippen molar-refractivity contribution < 1.29 is 0 Å². The fourth-order valence-corrected chi connectivity index (χ4v) is 8.83. The van der Waals surface area contributed by atoms with Gasteiger partial charge in [-0.3, -0.25) is 4.98 Å². The number of benzene rings is 8. The molecule has 0 unspecified atom stereocenters. The van der Waals surface area contributed by atoms with Crippen LogP contribution in [0.2, 0.25) is 0 Å². The molecule has 0 bridgehead atoms. The zero-order chi connectivity index (χ0) is 38.1. The summed E-state index contributed by atoms with van der Waals surface area (Å²) in [6.07, 6.45) is 1.97. The largest absolute Gasteiger partial charge is 0.256 e. The Bertz CT molecular complexity index is 3220. The molecule has 0 fully saturated rings. The third-order valence-corrected chi connectivity index (χ3v) is 11.9. The van der Waals surface area contributed by atoms with E-state index in [1.165, 1.54) is 49.5 Å². The highest BCUT2D eigenvalue weighted by molar-refractivity contribution is 5.99. The average molecular weight is 728 g/mol. The molecular formula is C54H37N3. The molecule has 0 spiro atoms. The van der Waals surface area contributed by atoms with Gasteiger partial charge in [-0.2, -0.15) is 0 Å². The molecule has 8 aromatic carbocycles. The molecule has 2 aromatic heterocycles. The van der Waals surface area contributed by atoms with Crippen LogP contribution >= 0.6 is 0 Å². The zero-order valence-electron chi connectivity index (χ0n) is 31.7. The van der Waals surface area contributed by atoms with E-state index in [1.807, 2.05) is 18.3 Å². The molecule has 0 atom stereocenters. The van der Waals surface area contributed by atoms with Gasteiger partial charge in [0.1, 0.15) is 0 Å². The molecule has 0 N–H and O–H groups in total. The summed E-state index contributed by atoms with van der Waals surface area (Å²) < 4.78 is 0. The van der Waals surface area contributed by atoms with Crippen molar-refractivity contribution in [2.45, 2.75) is 19.3 Å². The Morgan fingerprint density at radius 1 is 0.368 bits per heavy atom. The molecule has 0 saturated heterocycles. The molecular weight excluding hydrogens is 691 g/mol. The average Bonchev–Trinajstić information content (AvgIpc) is 3.50. The fraction of sp³-hybridized carbons (Fsp3) is 0.0556. The summed E-state index contributed by atoms with van der Waals surface area (Å²) in [6, 6.07) is 65.3. The van der Waals surface area contributed by atoms with Crippen molar-refractivity contribution in [3.05, 3.63) is 199 Å². The second kappa shape index (κ2) is 12.9. The first-order valence-corrected chi connectivity index (χ1v) is 19.6. The van der Waals surface area contributed by atoms with Gasteiger partial charge in [0.25, 0.3) is 0 Å². The van der Waals surface area contributed by atoms with Gasteiger partial charge in [0, 0.05) is 39.3 Å². The SMILES string of the molecule is CC1(C)c2cc3ccccc3cc2-c2c(-c3cc(-c4ccc5cc(-c6cccc(-c7cnc8ccccc8c7)c6)ccc5c4)nc(-c4ccccc4)n3)cccc21. The Kier molecular flexibility index (Phi) is 7.52. The maximum atomic E-state index is 5.30. The molecule has 268 valence electrons. The van der Waals surface area contributed by atoms with Crippen LogP contribution in [0, 0.1) is 0 Å². The number of aromatic nitrogens is 3. The third kappa shape index (κ3) is 5.62. The Balaban J connectivity index is 1.01. The second-order valence-electron chi connectivity index (χ2n) is 15.7. The minimum absolute atomic E-state index is 0.144. The van der Waals surface area contributed by atoms with Crippen molar-refractivity contribution in [1.82, 2.24) is 15.0 Å². The maximum Gasteiger partial charge on any atom is 0.160 e. The summed E-state index contributed by atoms with van der Waals surface area (Å²) in [5.74, 6) is 0.716. The Morgan fingerprint density at radius 2 is 0.965 bits per heavy atom. The molecule has 3 nitrogen and oxygen atoms in total. The predicted octanol–water partition coefficient (Wildman–Crippen LogP) is 14.0. The lowest BCUT2D eigenvalue weighted by Gasteiger charge is -2.22. The van der Waals surface area contributed by atoms with Crippen molar-refractivity contribution in [3.63, 3.8) is 0 Å². The summed E-state index contributed by atoms with van der Waals surface area (Å²) in [5, 5.41) is 6.00. The Labute approximate surface area is 332 Å². The number of hydrogen-bond acceptors (Lipinski definition) is 3. The van der Waals surface area contributed by atoms with E-state index in [4.69, 9.17) is 15.0 Å². The summed E-state index contributed by atoms with van der Waals surface area (Å²) >= 11 is 0. The van der Waals surface area contributed by atoms with Crippen LogP contribution in [-0.2, 0) is 5.41 Å². The standard InChI is InChI=1S/C54H37N3/c1-54(2)47-20-11-19-45(52(47)46-30-37-14-6-7-15-38(37)31-48(46)54)51-32-50(56-53(57-51)34-12-4-3-5-13-34)43-25-24-40-27-39(22-23-41(40)28-43)35-17-10-18-36(26-35)44-29-42-16-8-9-21-49(42)55-33-44/h3-33H,1-2H3. The van der Waals surface area contributed by atoms with Gasteiger partial charge in [0.05, 0.1) is 16.9 Å². The molecule has 11 rings (SSSR count). The van der Waals surface area contributed by atoms with Gasteiger partial charge >= 0.3 is 0 Å². The van der Waals surface area contributed by atoms with Crippen molar-refractivity contribution in [3.8, 4) is 67.3 Å². The molecule has 3 heteroatoms. The fourth-order valence-electron chi connectivity index (χ4n) is 8.83. The van der Waals surface area contributed by atoms with Gasteiger partial charge in [0.2, 0.25) is 0 Å². The first-order valence-electron chi connectivity index (χ1n) is 19.6. The van der Waals surface area contributed by atoms with Crippen molar-refractivity contribution in [2.24, 2.45) is 0 Å². The molecule has 10 aromatic rings. The molecule has 0 aliphatic heterocycles. The molecule has 1 aliphatic carbocycles. The summed E-state index contributed by atoms with van der Waals surface area (Å²) in [4.78, 5) is 15.2. The molecule has 0 saturated carbocycles. The number of rotatable bonds is 5. The van der Waals surface area contributed by atoms with E-state index < -0.39 is 0 Å². The summed E-state index contributed by atoms with van der Waals surface area (Å²) in [5.41, 5.74) is 15.7. The lowest BCUT2D eigenvalue weighted by atomic mass is 9.81. The van der Waals surface area contributed by atoms with Crippen LogP contribution in [0.4, 0.5) is 0 Å². The normalized spacial score (nSPS) is 12.9. The summed E-state index contributed by atoms with van der Waals surface area (Å²) in [6.45, 7) is 4.69. The van der Waals surface area contributed by atoms with Crippen LogP contribution in [-0.4, -0.2) is 15.0 Å². The molecule has 0 amide bonds. The van der Waals surface area contributed by atoms with Crippen LogP contribution in [0.25, 0.3) is 99.7 Å². The summed E-state index contributed by atoms with van der Waals surface area (Å²) in [7, 11) is 0. The predicted molar refractivity (Wildman–Crippen MR) is 237 cm³/mol. The van der Waals surface area contributed by atoms with Crippen LogP contribution in [0.3, 0.4) is 0 Å². The number of hydrogen-bond donors (Lipinski definition) is 0. The topological polar surface area (TPSA) is 38.7 Å². The van der Waals surface area contributed by atoms with Gasteiger partial charge in [-0.15, -0.1) is 0 Å². The van der Waals surface area contributed by atoms with Gasteiger partial charge < -0.3 is 0 Å². The van der Waals surface area contributed by atoms with Crippen LogP contribution in [0.1, 0.15) is 25.0 Å². The highest BCUT2D eigenvalue weighted by Gasteiger charge is 2.37. The van der Waals surface area contributed by atoms with E-state index in [9.17, 15) is 0 Å². The van der Waals surface area contributed by atoms with E-state index in [-0.39, 0.29) is 5.41 Å². The number of pyridine rings is 1. The van der Waals surface area contributed by atoms with Gasteiger partial charge in [0.15, 0.2) is 5.82 Å². The van der Waals surface area contributed by atoms with Gasteiger partial charge in [-0.25, -0.2) is 9.97 Å².